The molecule has 0 saturated heterocycles. The molecule has 0 amide bonds. The molecule has 4 aliphatic rings. The van der Waals surface area contributed by atoms with Crippen LogP contribution >= 0.6 is 0 Å². The average Bonchev–Trinajstić information content (AvgIpc) is 2.07. The van der Waals surface area contributed by atoms with Gasteiger partial charge in [-0.1, -0.05) is 13.8 Å². The zero-order chi connectivity index (χ0) is 14.1. The number of rotatable bonds is 2. The van der Waals surface area contributed by atoms with Gasteiger partial charge >= 0.3 is 0 Å². The van der Waals surface area contributed by atoms with Crippen molar-refractivity contribution in [2.24, 2.45) is 22.2 Å². The molecule has 0 radical (unpaired) electrons. The van der Waals surface area contributed by atoms with Crippen molar-refractivity contribution in [2.45, 2.75) is 72.0 Å². The normalized spacial score (nSPS) is 48.4. The lowest BCUT2D eigenvalue weighted by Crippen LogP contribution is -2.58. The van der Waals surface area contributed by atoms with Crippen molar-refractivity contribution in [2.75, 3.05) is 0 Å². The van der Waals surface area contributed by atoms with Crippen LogP contribution in [0, 0.1) is 22.2 Å². The number of hydrogen-bond donors (Lipinski definition) is 0. The van der Waals surface area contributed by atoms with Gasteiger partial charge in [-0.3, -0.25) is 4.79 Å². The van der Waals surface area contributed by atoms with Crippen LogP contribution in [-0.4, -0.2) is 14.3 Å². The standard InChI is InChI=1S/C16H28O2Si/c1-14-6-12-7-15(2,9-14)11-16(8-12,10-14)13(17)18-19(3,4)5/h12H,6-11H2,1-5H3. The molecule has 0 aliphatic heterocycles. The van der Waals surface area contributed by atoms with Crippen molar-refractivity contribution < 1.29 is 9.22 Å². The first-order valence-corrected chi connectivity index (χ1v) is 11.2. The van der Waals surface area contributed by atoms with Crippen molar-refractivity contribution in [3.8, 4) is 0 Å². The predicted molar refractivity (Wildman–Crippen MR) is 79.3 cm³/mol. The number of carbonyl (C=O) groups is 1. The van der Waals surface area contributed by atoms with Crippen LogP contribution in [0.15, 0.2) is 0 Å². The van der Waals surface area contributed by atoms with E-state index in [1.54, 1.807) is 0 Å². The Morgan fingerprint density at radius 3 is 1.95 bits per heavy atom. The van der Waals surface area contributed by atoms with Crippen molar-refractivity contribution in [3.63, 3.8) is 0 Å². The maximum atomic E-state index is 12.8. The largest absolute Gasteiger partial charge is 0.519 e. The third-order valence-corrected chi connectivity index (χ3v) is 6.26. The zero-order valence-electron chi connectivity index (χ0n) is 13.1. The summed E-state index contributed by atoms with van der Waals surface area (Å²) in [6, 6.07) is 0. The highest BCUT2D eigenvalue weighted by Crippen LogP contribution is 2.69. The van der Waals surface area contributed by atoms with Crippen LogP contribution in [0.25, 0.3) is 0 Å². The summed E-state index contributed by atoms with van der Waals surface area (Å²) in [4.78, 5) is 12.8. The molecular formula is C16H28O2Si. The summed E-state index contributed by atoms with van der Waals surface area (Å²) in [5, 5.41) is 0. The quantitative estimate of drug-likeness (QED) is 0.702. The van der Waals surface area contributed by atoms with E-state index in [1.807, 2.05) is 0 Å². The maximum Gasteiger partial charge on any atom is 0.298 e. The molecule has 108 valence electrons. The van der Waals surface area contributed by atoms with Gasteiger partial charge in [0.25, 0.3) is 5.97 Å². The fourth-order valence-electron chi connectivity index (χ4n) is 6.06. The van der Waals surface area contributed by atoms with Crippen LogP contribution in [0.2, 0.25) is 19.6 Å². The molecule has 0 N–H and O–H groups in total. The fraction of sp³-hybridized carbons (Fsp3) is 0.938. The molecule has 4 aliphatic carbocycles. The highest BCUT2D eigenvalue weighted by atomic mass is 28.4. The third kappa shape index (κ3) is 2.28. The molecule has 0 heterocycles. The van der Waals surface area contributed by atoms with E-state index in [0.29, 0.717) is 10.8 Å². The van der Waals surface area contributed by atoms with Gasteiger partial charge in [0.1, 0.15) is 0 Å². The first-order valence-electron chi connectivity index (χ1n) is 7.77. The molecule has 0 spiro atoms. The first-order chi connectivity index (χ1) is 8.53. The Labute approximate surface area is 118 Å². The second-order valence-electron chi connectivity index (χ2n) is 9.41. The second kappa shape index (κ2) is 3.66. The SMILES string of the molecule is CC12CC3CC(C)(C1)CC(C(=O)O[Si](C)(C)C)(C3)C2. The van der Waals surface area contributed by atoms with Gasteiger partial charge in [-0.15, -0.1) is 0 Å². The Morgan fingerprint density at radius 1 is 1.00 bits per heavy atom. The molecule has 4 fully saturated rings. The van der Waals surface area contributed by atoms with Crippen molar-refractivity contribution >= 4 is 14.3 Å². The molecular weight excluding hydrogens is 252 g/mol. The second-order valence-corrected chi connectivity index (χ2v) is 13.8. The van der Waals surface area contributed by atoms with E-state index < -0.39 is 8.32 Å². The van der Waals surface area contributed by atoms with E-state index in [2.05, 4.69) is 33.5 Å². The Kier molecular flexibility index (Phi) is 2.63. The predicted octanol–water partition coefficient (Wildman–Crippen LogP) is 4.36. The summed E-state index contributed by atoms with van der Waals surface area (Å²) in [5.74, 6) is 0.911. The third-order valence-electron chi connectivity index (χ3n) is 5.46. The van der Waals surface area contributed by atoms with Gasteiger partial charge < -0.3 is 4.43 Å². The molecule has 2 atom stereocenters. The summed E-state index contributed by atoms with van der Waals surface area (Å²) >= 11 is 0. The van der Waals surface area contributed by atoms with Gasteiger partial charge in [-0.2, -0.15) is 0 Å². The van der Waals surface area contributed by atoms with Crippen molar-refractivity contribution in [3.05, 3.63) is 0 Å². The van der Waals surface area contributed by atoms with Gasteiger partial charge in [-0.25, -0.2) is 0 Å². The molecule has 0 aromatic rings. The molecule has 4 bridgehead atoms. The maximum absolute atomic E-state index is 12.8. The Hall–Kier alpha value is -0.313. The lowest BCUT2D eigenvalue weighted by atomic mass is 9.40. The summed E-state index contributed by atoms with van der Waals surface area (Å²) in [5.41, 5.74) is 0.655. The van der Waals surface area contributed by atoms with Crippen LogP contribution < -0.4 is 0 Å². The minimum absolute atomic E-state index is 0.136. The van der Waals surface area contributed by atoms with E-state index >= 15 is 0 Å². The Bertz CT molecular complexity index is 405. The zero-order valence-corrected chi connectivity index (χ0v) is 14.1. The molecule has 2 unspecified atom stereocenters. The average molecular weight is 280 g/mol. The van der Waals surface area contributed by atoms with Crippen LogP contribution in [0.4, 0.5) is 0 Å². The molecule has 4 saturated carbocycles. The molecule has 3 heteroatoms. The van der Waals surface area contributed by atoms with Gasteiger partial charge in [0, 0.05) is 0 Å². The first kappa shape index (κ1) is 13.7. The summed E-state index contributed by atoms with van der Waals surface area (Å²) in [6.45, 7) is 11.2. The topological polar surface area (TPSA) is 26.3 Å². The highest BCUT2D eigenvalue weighted by Gasteiger charge is 2.63. The lowest BCUT2D eigenvalue weighted by molar-refractivity contribution is -0.183. The molecule has 2 nitrogen and oxygen atoms in total. The smallest absolute Gasteiger partial charge is 0.298 e. The van der Waals surface area contributed by atoms with Crippen LogP contribution in [0.5, 0.6) is 0 Å². The van der Waals surface area contributed by atoms with Gasteiger partial charge in [0.15, 0.2) is 0 Å². The highest BCUT2D eigenvalue weighted by molar-refractivity contribution is 6.71. The van der Waals surface area contributed by atoms with Gasteiger partial charge in [0.2, 0.25) is 8.32 Å². The summed E-state index contributed by atoms with van der Waals surface area (Å²) in [6.07, 6.45) is 7.25. The van der Waals surface area contributed by atoms with Crippen LogP contribution in [0.3, 0.4) is 0 Å². The number of hydrogen-bond acceptors (Lipinski definition) is 2. The van der Waals surface area contributed by atoms with Crippen molar-refractivity contribution in [1.82, 2.24) is 0 Å². The van der Waals surface area contributed by atoms with Crippen LogP contribution in [-0.2, 0) is 9.22 Å². The molecule has 4 rings (SSSR count). The van der Waals surface area contributed by atoms with Crippen LogP contribution in [0.1, 0.15) is 52.4 Å². The van der Waals surface area contributed by atoms with Gasteiger partial charge in [-0.05, 0) is 74.9 Å². The van der Waals surface area contributed by atoms with E-state index in [1.165, 1.54) is 19.3 Å². The lowest BCUT2D eigenvalue weighted by Gasteiger charge is -2.64. The molecule has 19 heavy (non-hydrogen) atoms. The minimum atomic E-state index is -1.77. The Morgan fingerprint density at radius 2 is 1.53 bits per heavy atom. The van der Waals surface area contributed by atoms with E-state index in [9.17, 15) is 4.79 Å². The van der Waals surface area contributed by atoms with E-state index in [0.717, 1.165) is 25.2 Å². The Balaban J connectivity index is 1.90. The van der Waals surface area contributed by atoms with E-state index in [-0.39, 0.29) is 11.4 Å². The molecule has 0 aromatic heterocycles. The number of carbonyl (C=O) groups excluding carboxylic acids is 1. The summed E-state index contributed by atoms with van der Waals surface area (Å²) < 4.78 is 5.91. The minimum Gasteiger partial charge on any atom is -0.519 e. The van der Waals surface area contributed by atoms with Crippen molar-refractivity contribution in [1.29, 1.82) is 0 Å². The molecule has 0 aromatic carbocycles. The fourth-order valence-corrected chi connectivity index (χ4v) is 6.83. The monoisotopic (exact) mass is 280 g/mol. The summed E-state index contributed by atoms with van der Waals surface area (Å²) in [7, 11) is -1.77. The van der Waals surface area contributed by atoms with Gasteiger partial charge in [0.05, 0.1) is 5.41 Å². The van der Waals surface area contributed by atoms with E-state index in [4.69, 9.17) is 4.43 Å².